The summed E-state index contributed by atoms with van der Waals surface area (Å²) in [7, 11) is 0. The largest absolute Gasteiger partial charge is 0.0651 e. The Morgan fingerprint density at radius 2 is 0.250 bits per heavy atom. The highest BCUT2D eigenvalue weighted by molar-refractivity contribution is 4.62. The van der Waals surface area contributed by atoms with E-state index in [0.29, 0.717) is 0 Å². The molecule has 0 radical (unpaired) electrons. The van der Waals surface area contributed by atoms with Crippen molar-refractivity contribution in [3.8, 4) is 0 Å². The molecule has 0 aliphatic carbocycles. The van der Waals surface area contributed by atoms with Gasteiger partial charge in [-0.15, -0.1) is 0 Å². The molecular formula is C80H174. The number of unbranched alkanes of at least 4 members (excludes halogenated alkanes) is 2. The maximum Gasteiger partial charge on any atom is -0.0443 e. The minimum Gasteiger partial charge on any atom is -0.0651 e. The molecule has 10 atom stereocenters. The monoisotopic (exact) mass is 1140 g/mol. The predicted octanol–water partition coefficient (Wildman–Crippen LogP) is 30.6. The van der Waals surface area contributed by atoms with E-state index >= 15 is 0 Å². The molecule has 0 nitrogen and oxygen atoms in total. The lowest BCUT2D eigenvalue weighted by Gasteiger charge is -2.15. The van der Waals surface area contributed by atoms with Gasteiger partial charge in [-0.3, -0.25) is 0 Å². The van der Waals surface area contributed by atoms with Crippen LogP contribution in [-0.2, 0) is 0 Å². The van der Waals surface area contributed by atoms with Crippen LogP contribution in [0.1, 0.15) is 426 Å². The summed E-state index contributed by atoms with van der Waals surface area (Å²) < 4.78 is 0. The van der Waals surface area contributed by atoms with Crippen LogP contribution in [0.2, 0.25) is 0 Å². The predicted molar refractivity (Wildman–Crippen MR) is 383 cm³/mol. The van der Waals surface area contributed by atoms with Crippen LogP contribution in [0.15, 0.2) is 0 Å². The molecule has 0 aliphatic heterocycles. The fraction of sp³-hybridized carbons (Fsp3) is 1.00. The zero-order valence-corrected chi connectivity index (χ0v) is 63.3. The van der Waals surface area contributed by atoms with Gasteiger partial charge in [-0.05, 0) is 94.7 Å². The molecule has 0 fully saturated rings. The zero-order chi connectivity index (χ0) is 63.3. The van der Waals surface area contributed by atoms with Crippen molar-refractivity contribution in [2.75, 3.05) is 0 Å². The molecule has 0 rings (SSSR count). The van der Waals surface area contributed by atoms with E-state index in [2.05, 4.69) is 208 Å². The van der Waals surface area contributed by atoms with E-state index in [-0.39, 0.29) is 0 Å². The van der Waals surface area contributed by atoms with Gasteiger partial charge in [0, 0.05) is 0 Å². The van der Waals surface area contributed by atoms with Gasteiger partial charge in [-0.1, -0.05) is 426 Å². The highest BCUT2D eigenvalue weighted by Crippen LogP contribution is 2.24. The van der Waals surface area contributed by atoms with Crippen molar-refractivity contribution in [3.63, 3.8) is 0 Å². The van der Waals surface area contributed by atoms with E-state index in [1.54, 1.807) is 0 Å². The lowest BCUT2D eigenvalue weighted by Crippen LogP contribution is -2.01. The van der Waals surface area contributed by atoms with Crippen molar-refractivity contribution in [3.05, 3.63) is 0 Å². The minimum absolute atomic E-state index is 0.884. The molecule has 0 heterocycles. The van der Waals surface area contributed by atoms with Gasteiger partial charge in [-0.2, -0.15) is 0 Å². The molecule has 0 aromatic carbocycles. The number of rotatable bonds is 43. The van der Waals surface area contributed by atoms with Crippen molar-refractivity contribution < 1.29 is 0 Å². The Morgan fingerprint density at radius 3 is 0.438 bits per heavy atom. The van der Waals surface area contributed by atoms with Crippen LogP contribution in [0, 0.1) is 94.7 Å². The average molecular weight is 1140 g/mol. The third-order valence-corrected chi connectivity index (χ3v) is 18.4. The summed E-state index contributed by atoms with van der Waals surface area (Å²) >= 11 is 0. The van der Waals surface area contributed by atoms with Crippen molar-refractivity contribution in [1.82, 2.24) is 0 Å². The van der Waals surface area contributed by atoms with Gasteiger partial charge in [0.15, 0.2) is 0 Å². The molecular weight excluding hydrogens is 961 g/mol. The Labute approximate surface area is 518 Å². The first kappa shape index (κ1) is 93.7. The summed E-state index contributed by atoms with van der Waals surface area (Å²) in [6.07, 6.45) is 47.9. The van der Waals surface area contributed by atoms with Crippen molar-refractivity contribution in [2.45, 2.75) is 426 Å². The molecule has 0 aromatic heterocycles. The third kappa shape index (κ3) is 97.1. The van der Waals surface area contributed by atoms with Crippen molar-refractivity contribution in [1.29, 1.82) is 0 Å². The van der Waals surface area contributed by atoms with E-state index in [0.717, 1.165) is 94.7 Å². The number of hydrogen-bond donors (Lipinski definition) is 0. The van der Waals surface area contributed by atoms with E-state index in [1.165, 1.54) is 218 Å². The Bertz CT molecular complexity index is 1010. The quantitative estimate of drug-likeness (QED) is 0.0534. The first-order chi connectivity index (χ1) is 37.5. The third-order valence-electron chi connectivity index (χ3n) is 18.4. The van der Waals surface area contributed by atoms with Gasteiger partial charge >= 0.3 is 0 Å². The first-order valence-corrected chi connectivity index (χ1v) is 37.5. The fourth-order valence-electron chi connectivity index (χ4n) is 9.10. The van der Waals surface area contributed by atoms with Crippen LogP contribution in [0.25, 0.3) is 0 Å². The van der Waals surface area contributed by atoms with Crippen molar-refractivity contribution >= 4 is 0 Å². The Hall–Kier alpha value is 0. The molecule has 0 spiro atoms. The van der Waals surface area contributed by atoms with Gasteiger partial charge in [0.2, 0.25) is 0 Å². The van der Waals surface area contributed by atoms with Gasteiger partial charge in [-0.25, -0.2) is 0 Å². The maximum absolute atomic E-state index is 2.43. The van der Waals surface area contributed by atoms with E-state index in [1.807, 2.05) is 0 Å². The molecule has 0 aromatic rings. The second-order valence-corrected chi connectivity index (χ2v) is 30.7. The molecule has 0 saturated heterocycles. The molecule has 0 aliphatic rings. The van der Waals surface area contributed by atoms with Crippen LogP contribution < -0.4 is 0 Å². The van der Waals surface area contributed by atoms with Gasteiger partial charge in [0.25, 0.3) is 0 Å². The average Bonchev–Trinajstić information content (AvgIpc) is 3.41. The smallest absolute Gasteiger partial charge is 0.0443 e. The van der Waals surface area contributed by atoms with Crippen molar-refractivity contribution in [2.24, 2.45) is 94.7 Å². The van der Waals surface area contributed by atoms with Crippen LogP contribution in [0.3, 0.4) is 0 Å². The second-order valence-electron chi connectivity index (χ2n) is 30.7. The molecule has 80 heavy (non-hydrogen) atoms. The number of hydrogen-bond acceptors (Lipinski definition) is 0. The minimum atomic E-state index is 0.884. The molecule has 10 unspecified atom stereocenters. The Morgan fingerprint density at radius 1 is 0.125 bits per heavy atom. The summed E-state index contributed by atoms with van der Waals surface area (Å²) in [5, 5.41) is 0. The summed E-state index contributed by atoms with van der Waals surface area (Å²) in [4.78, 5) is 0. The second kappa shape index (κ2) is 71.5. The van der Waals surface area contributed by atoms with Crippen LogP contribution >= 0.6 is 0 Å². The summed E-state index contributed by atoms with van der Waals surface area (Å²) in [6.45, 7) is 69.7. The molecule has 0 saturated carbocycles. The molecule has 0 heteroatoms. The SMILES string of the molecule is CC(C)CCCCC(C)C.CCC(C)C.CCC(C)CCC(C)CC.CCC(C)CCC(C)CCCCC(C)C.CCC(C)CCCC(C)C.CCC(C)CCCC(C)CCC(C)CC.CCC(C)CCCC(C)CCCC(C)C. The zero-order valence-electron chi connectivity index (χ0n) is 63.3. The summed E-state index contributed by atoms with van der Waals surface area (Å²) in [6, 6.07) is 0. The summed E-state index contributed by atoms with van der Waals surface area (Å²) in [5.74, 6) is 14.8. The first-order valence-electron chi connectivity index (χ1n) is 37.5. The maximum atomic E-state index is 2.43. The van der Waals surface area contributed by atoms with Crippen LogP contribution in [0.5, 0.6) is 0 Å². The van der Waals surface area contributed by atoms with Gasteiger partial charge in [0.1, 0.15) is 0 Å². The highest BCUT2D eigenvalue weighted by Gasteiger charge is 2.09. The van der Waals surface area contributed by atoms with E-state index < -0.39 is 0 Å². The molecule has 0 amide bonds. The Kier molecular flexibility index (Phi) is 83.7. The van der Waals surface area contributed by atoms with E-state index in [9.17, 15) is 0 Å². The van der Waals surface area contributed by atoms with E-state index in [4.69, 9.17) is 0 Å². The fourth-order valence-corrected chi connectivity index (χ4v) is 9.10. The standard InChI is InChI=1S/3C15H32.3C10H22.C5H12/c1-6-14(4)10-8-12-15(5)11-7-9-13(2)3;1-6-14(4)11-12-15(5)10-8-7-9-13(2)3;1-6-13(3)9-8-10-15(5)12-11-14(4)7-2;1-9(2)7-5-6-8-10(3)4;1-5-10(4)8-6-7-9(2)3;1-5-9(3)7-8-10(4)6-2;1-4-5(2)3/h3*13-15H,6-12H2,1-5H3;3*9-10H,5-8H2,1-4H3;5H,4H2,1-3H3. The molecule has 0 N–H and O–H groups in total. The molecule has 494 valence electrons. The Balaban J connectivity index is -0.000000158. The molecule has 0 bridgehead atoms. The summed E-state index contributed by atoms with van der Waals surface area (Å²) in [5.41, 5.74) is 0. The topological polar surface area (TPSA) is 0 Å². The van der Waals surface area contributed by atoms with Crippen LogP contribution in [0.4, 0.5) is 0 Å². The van der Waals surface area contributed by atoms with Gasteiger partial charge in [0.05, 0.1) is 0 Å². The van der Waals surface area contributed by atoms with Gasteiger partial charge < -0.3 is 0 Å². The highest BCUT2D eigenvalue weighted by atomic mass is 14.2. The lowest BCUT2D eigenvalue weighted by atomic mass is 9.91. The van der Waals surface area contributed by atoms with Crippen LogP contribution in [-0.4, -0.2) is 0 Å². The lowest BCUT2D eigenvalue weighted by molar-refractivity contribution is 0.379. The normalized spacial score (nSPS) is 15.0.